The van der Waals surface area contributed by atoms with Gasteiger partial charge in [-0.3, -0.25) is 4.79 Å². The van der Waals surface area contributed by atoms with E-state index in [4.69, 9.17) is 0 Å². The van der Waals surface area contributed by atoms with Gasteiger partial charge in [-0.15, -0.1) is 0 Å². The quantitative estimate of drug-likeness (QED) is 0.841. The number of sulfone groups is 1. The first-order valence-electron chi connectivity index (χ1n) is 7.74. The molecule has 0 saturated carbocycles. The molecule has 3 rings (SSSR count). The molecule has 1 saturated heterocycles. The second-order valence-electron chi connectivity index (χ2n) is 6.20. The third kappa shape index (κ3) is 2.47. The molecule has 1 aromatic carbocycles. The Morgan fingerprint density at radius 1 is 1.09 bits per heavy atom. The van der Waals surface area contributed by atoms with E-state index in [1.165, 1.54) is 0 Å². The number of rotatable bonds is 2. The van der Waals surface area contributed by atoms with Gasteiger partial charge in [0.1, 0.15) is 4.91 Å². The van der Waals surface area contributed by atoms with Crippen LogP contribution in [0.15, 0.2) is 39.8 Å². The van der Waals surface area contributed by atoms with Gasteiger partial charge in [0.15, 0.2) is 5.78 Å². The van der Waals surface area contributed by atoms with Crippen LogP contribution < -0.4 is 0 Å². The lowest BCUT2D eigenvalue weighted by atomic mass is 9.93. The third-order valence-corrected chi connectivity index (χ3v) is 6.61. The summed E-state index contributed by atoms with van der Waals surface area (Å²) in [7, 11) is -3.74. The minimum Gasteiger partial charge on any atom is -0.370 e. The zero-order chi connectivity index (χ0) is 15.9. The van der Waals surface area contributed by atoms with E-state index in [9.17, 15) is 13.2 Å². The number of benzene rings is 1. The van der Waals surface area contributed by atoms with E-state index in [-0.39, 0.29) is 21.6 Å². The van der Waals surface area contributed by atoms with Crippen LogP contribution in [0.25, 0.3) is 0 Å². The number of allylic oxidation sites excluding steroid dienone is 2. The molecule has 0 radical (unpaired) electrons. The predicted molar refractivity (Wildman–Crippen MR) is 85.0 cm³/mol. The van der Waals surface area contributed by atoms with Gasteiger partial charge in [-0.05, 0) is 45.2 Å². The summed E-state index contributed by atoms with van der Waals surface area (Å²) in [6, 6.07) is 6.87. The summed E-state index contributed by atoms with van der Waals surface area (Å²) in [5, 5.41) is 0. The predicted octanol–water partition coefficient (Wildman–Crippen LogP) is 2.83. The molecular formula is C17H21NO3S. The van der Waals surface area contributed by atoms with Crippen molar-refractivity contribution in [1.82, 2.24) is 4.90 Å². The van der Waals surface area contributed by atoms with Crippen LogP contribution in [0.3, 0.4) is 0 Å². The van der Waals surface area contributed by atoms with Crippen LogP contribution in [-0.2, 0) is 14.6 Å². The Kier molecular flexibility index (Phi) is 3.85. The van der Waals surface area contributed by atoms with Crippen molar-refractivity contribution in [3.8, 4) is 0 Å². The molecule has 2 aliphatic rings. The summed E-state index contributed by atoms with van der Waals surface area (Å²) >= 11 is 0. The number of nitrogens with zero attached hydrogens (tertiary/aromatic N) is 1. The molecule has 1 atom stereocenters. The van der Waals surface area contributed by atoms with Crippen molar-refractivity contribution < 1.29 is 13.2 Å². The Morgan fingerprint density at radius 3 is 2.45 bits per heavy atom. The number of fused-ring (bicyclic) bond motifs is 1. The number of piperidine rings is 1. The molecule has 0 amide bonds. The van der Waals surface area contributed by atoms with Crippen molar-refractivity contribution in [2.45, 2.75) is 50.5 Å². The van der Waals surface area contributed by atoms with Gasteiger partial charge < -0.3 is 4.90 Å². The van der Waals surface area contributed by atoms with Crippen molar-refractivity contribution in [2.24, 2.45) is 0 Å². The van der Waals surface area contributed by atoms with Crippen LogP contribution in [0.2, 0.25) is 0 Å². The molecular weight excluding hydrogens is 298 g/mol. The van der Waals surface area contributed by atoms with E-state index >= 15 is 0 Å². The lowest BCUT2D eigenvalue weighted by Gasteiger charge is -2.41. The molecule has 2 aliphatic heterocycles. The number of hydrogen-bond acceptors (Lipinski definition) is 4. The summed E-state index contributed by atoms with van der Waals surface area (Å²) in [6.07, 6.45) is 3.46. The van der Waals surface area contributed by atoms with E-state index in [0.717, 1.165) is 31.4 Å². The Hall–Kier alpha value is -1.62. The molecule has 4 nitrogen and oxygen atoms in total. The highest BCUT2D eigenvalue weighted by molar-refractivity contribution is 7.96. The summed E-state index contributed by atoms with van der Waals surface area (Å²) in [6.45, 7) is 4.53. The standard InChI is InChI=1S/C17H21NO3S/c1-12-6-8-15(9-7-12)22(20,21)17-13(2)18-10-4-3-5-14(18)11-16(17)19/h6-9,14H,3-5,10-11H2,1-2H3. The van der Waals surface area contributed by atoms with Crippen LogP contribution in [-0.4, -0.2) is 31.7 Å². The SMILES string of the molecule is CC1=C(S(=O)(=O)c2ccc(C)cc2)C(=O)CC2CCCCN12. The molecule has 118 valence electrons. The summed E-state index contributed by atoms with van der Waals surface area (Å²) < 4.78 is 25.8. The Labute approximate surface area is 131 Å². The minimum absolute atomic E-state index is 0.00509. The summed E-state index contributed by atoms with van der Waals surface area (Å²) in [4.78, 5) is 14.8. The molecule has 1 fully saturated rings. The number of hydrogen-bond donors (Lipinski definition) is 0. The lowest BCUT2D eigenvalue weighted by Crippen LogP contribution is -2.45. The Balaban J connectivity index is 2.08. The normalized spacial score (nSPS) is 22.7. The van der Waals surface area contributed by atoms with Crippen LogP contribution in [0.1, 0.15) is 38.2 Å². The van der Waals surface area contributed by atoms with Gasteiger partial charge in [0.25, 0.3) is 0 Å². The first kappa shape index (κ1) is 15.3. The van der Waals surface area contributed by atoms with E-state index < -0.39 is 9.84 Å². The number of aryl methyl sites for hydroxylation is 1. The molecule has 5 heteroatoms. The number of Topliss-reactive ketones (excluding diaryl/α,β-unsaturated/α-hetero) is 1. The molecule has 22 heavy (non-hydrogen) atoms. The maximum absolute atomic E-state index is 12.9. The fraction of sp³-hybridized carbons (Fsp3) is 0.471. The maximum Gasteiger partial charge on any atom is 0.211 e. The van der Waals surface area contributed by atoms with Gasteiger partial charge in [-0.25, -0.2) is 8.42 Å². The van der Waals surface area contributed by atoms with Crippen molar-refractivity contribution >= 4 is 15.6 Å². The molecule has 0 spiro atoms. The highest BCUT2D eigenvalue weighted by Crippen LogP contribution is 2.35. The Morgan fingerprint density at radius 2 is 1.77 bits per heavy atom. The third-order valence-electron chi connectivity index (χ3n) is 4.66. The van der Waals surface area contributed by atoms with Crippen molar-refractivity contribution in [2.75, 3.05) is 6.54 Å². The first-order valence-corrected chi connectivity index (χ1v) is 9.22. The van der Waals surface area contributed by atoms with Gasteiger partial charge in [-0.1, -0.05) is 17.7 Å². The first-order chi connectivity index (χ1) is 10.4. The average molecular weight is 319 g/mol. The zero-order valence-electron chi connectivity index (χ0n) is 13.0. The van der Waals surface area contributed by atoms with E-state index in [1.807, 2.05) is 6.92 Å². The Bertz CT molecular complexity index is 732. The monoisotopic (exact) mass is 319 g/mol. The van der Waals surface area contributed by atoms with E-state index in [0.29, 0.717) is 12.1 Å². The fourth-order valence-electron chi connectivity index (χ4n) is 3.47. The number of carbonyl (C=O) groups is 1. The molecule has 1 aromatic rings. The smallest absolute Gasteiger partial charge is 0.211 e. The summed E-state index contributed by atoms with van der Waals surface area (Å²) in [5.41, 5.74) is 1.62. The largest absolute Gasteiger partial charge is 0.370 e. The highest BCUT2D eigenvalue weighted by atomic mass is 32.2. The van der Waals surface area contributed by atoms with Crippen molar-refractivity contribution in [1.29, 1.82) is 0 Å². The fourth-order valence-corrected chi connectivity index (χ4v) is 5.09. The van der Waals surface area contributed by atoms with Gasteiger partial charge in [0, 0.05) is 24.7 Å². The zero-order valence-corrected chi connectivity index (χ0v) is 13.8. The van der Waals surface area contributed by atoms with Crippen molar-refractivity contribution in [3.05, 3.63) is 40.4 Å². The molecule has 0 bridgehead atoms. The highest BCUT2D eigenvalue weighted by Gasteiger charge is 2.39. The van der Waals surface area contributed by atoms with E-state index in [1.54, 1.807) is 31.2 Å². The maximum atomic E-state index is 12.9. The van der Waals surface area contributed by atoms with Gasteiger partial charge in [0.05, 0.1) is 4.90 Å². The molecule has 0 aliphatic carbocycles. The van der Waals surface area contributed by atoms with Gasteiger partial charge in [0.2, 0.25) is 9.84 Å². The lowest BCUT2D eigenvalue weighted by molar-refractivity contribution is -0.117. The van der Waals surface area contributed by atoms with Crippen LogP contribution in [0, 0.1) is 6.92 Å². The minimum atomic E-state index is -3.74. The van der Waals surface area contributed by atoms with Gasteiger partial charge >= 0.3 is 0 Å². The second-order valence-corrected chi connectivity index (χ2v) is 8.09. The number of ketones is 1. The molecule has 0 aromatic heterocycles. The molecule has 0 N–H and O–H groups in total. The summed E-state index contributed by atoms with van der Waals surface area (Å²) in [5.74, 6) is -0.235. The van der Waals surface area contributed by atoms with Crippen LogP contribution in [0.4, 0.5) is 0 Å². The second kappa shape index (κ2) is 5.54. The topological polar surface area (TPSA) is 54.5 Å². The van der Waals surface area contributed by atoms with Crippen LogP contribution in [0.5, 0.6) is 0 Å². The molecule has 2 heterocycles. The average Bonchev–Trinajstić information content (AvgIpc) is 2.47. The van der Waals surface area contributed by atoms with E-state index in [2.05, 4.69) is 4.90 Å². The van der Waals surface area contributed by atoms with Gasteiger partial charge in [-0.2, -0.15) is 0 Å². The number of carbonyl (C=O) groups excluding carboxylic acids is 1. The van der Waals surface area contributed by atoms with Crippen LogP contribution >= 0.6 is 0 Å². The van der Waals surface area contributed by atoms with Crippen molar-refractivity contribution in [3.63, 3.8) is 0 Å². The molecule has 1 unspecified atom stereocenters.